The van der Waals surface area contributed by atoms with Crippen LogP contribution in [0.1, 0.15) is 18.1 Å². The molecule has 0 radical (unpaired) electrons. The van der Waals surface area contributed by atoms with Gasteiger partial charge in [0.25, 0.3) is 0 Å². The van der Waals surface area contributed by atoms with Crippen LogP contribution in [0, 0.1) is 6.92 Å². The topological polar surface area (TPSA) is 3.88 Å². The quantitative estimate of drug-likeness (QED) is 0.599. The van der Waals surface area contributed by atoms with Crippen LogP contribution >= 0.6 is 0 Å². The van der Waals surface area contributed by atoms with Crippen molar-refractivity contribution in [2.45, 2.75) is 37.5 Å². The fourth-order valence-corrected chi connectivity index (χ4v) is 6.55. The second-order valence-electron chi connectivity index (χ2n) is 6.63. The molecule has 0 saturated heterocycles. The van der Waals surface area contributed by atoms with Gasteiger partial charge in [-0.2, -0.15) is 0 Å². The summed E-state index contributed by atoms with van der Waals surface area (Å²) < 4.78 is 3.94. The summed E-state index contributed by atoms with van der Waals surface area (Å²) in [6, 6.07) is 11.1. The fraction of sp³-hybridized carbons (Fsp3) is 0.389. The van der Waals surface area contributed by atoms with Crippen molar-refractivity contribution < 1.29 is 4.57 Å². The van der Waals surface area contributed by atoms with Gasteiger partial charge in [-0.1, -0.05) is 0 Å². The monoisotopic (exact) mass is 330 g/mol. The Bertz CT molecular complexity index is 624. The molecule has 0 spiro atoms. The number of pyridine rings is 1. The van der Waals surface area contributed by atoms with E-state index in [1.165, 1.54) is 22.4 Å². The average molecular weight is 329 g/mol. The fourth-order valence-electron chi connectivity index (χ4n) is 2.79. The number of hydrogen-bond donors (Lipinski definition) is 0. The maximum absolute atomic E-state index is 2.47. The van der Waals surface area contributed by atoms with E-state index < -0.39 is 13.3 Å². The van der Waals surface area contributed by atoms with Crippen molar-refractivity contribution in [2.24, 2.45) is 7.05 Å². The van der Waals surface area contributed by atoms with Crippen LogP contribution in [-0.4, -0.2) is 13.3 Å². The first-order valence-electron chi connectivity index (χ1n) is 7.43. The average Bonchev–Trinajstić information content (AvgIpc) is 2.38. The van der Waals surface area contributed by atoms with Gasteiger partial charge in [0.1, 0.15) is 0 Å². The van der Waals surface area contributed by atoms with Gasteiger partial charge >= 0.3 is 126 Å². The Hall–Kier alpha value is -1.09. The number of nitrogens with zero attached hydrogens (tertiary/aromatic N) is 1. The van der Waals surface area contributed by atoms with Gasteiger partial charge in [-0.15, -0.1) is 0 Å². The van der Waals surface area contributed by atoms with Crippen LogP contribution in [-0.2, 0) is 13.5 Å². The van der Waals surface area contributed by atoms with Crippen molar-refractivity contribution in [3.05, 3.63) is 47.7 Å². The second kappa shape index (κ2) is 5.73. The van der Waals surface area contributed by atoms with Crippen molar-refractivity contribution in [3.8, 4) is 11.3 Å². The summed E-state index contributed by atoms with van der Waals surface area (Å²) in [5, 5.41) is 0. The Morgan fingerprint density at radius 2 is 1.75 bits per heavy atom. The molecule has 0 bridgehead atoms. The minimum absolute atomic E-state index is 1.12. The summed E-state index contributed by atoms with van der Waals surface area (Å²) in [4.78, 5) is 0. The first kappa shape index (κ1) is 15.3. The van der Waals surface area contributed by atoms with Gasteiger partial charge in [-0.25, -0.2) is 0 Å². The molecular weight excluding hydrogens is 303 g/mol. The Labute approximate surface area is 126 Å². The third kappa shape index (κ3) is 2.98. The summed E-state index contributed by atoms with van der Waals surface area (Å²) in [5.74, 6) is 7.42. The molecule has 1 aromatic carbocycles. The first-order chi connectivity index (χ1) is 9.34. The van der Waals surface area contributed by atoms with Gasteiger partial charge in [-0.3, -0.25) is 0 Å². The molecule has 0 unspecified atom stereocenters. The summed E-state index contributed by atoms with van der Waals surface area (Å²) in [5.41, 5.74) is 5.55. The van der Waals surface area contributed by atoms with Crippen molar-refractivity contribution >= 4 is 17.7 Å². The van der Waals surface area contributed by atoms with Crippen LogP contribution in [0.25, 0.3) is 11.3 Å². The Morgan fingerprint density at radius 3 is 2.30 bits per heavy atom. The number of rotatable bonds is 3. The molecule has 0 fully saturated rings. The van der Waals surface area contributed by atoms with Gasteiger partial charge < -0.3 is 0 Å². The van der Waals surface area contributed by atoms with Crippen molar-refractivity contribution in [1.29, 1.82) is 0 Å². The maximum atomic E-state index is 2.47. The van der Waals surface area contributed by atoms with E-state index in [0.717, 1.165) is 6.42 Å². The first-order valence-corrected chi connectivity index (χ1v) is 14.8. The van der Waals surface area contributed by atoms with E-state index in [4.69, 9.17) is 0 Å². The molecule has 0 N–H and O–H groups in total. The van der Waals surface area contributed by atoms with Gasteiger partial charge in [0.15, 0.2) is 0 Å². The Balaban J connectivity index is 2.66. The molecule has 2 aromatic rings. The minimum atomic E-state index is -1.81. The predicted octanol–water partition coefficient (Wildman–Crippen LogP) is 3.59. The number of aromatic nitrogens is 1. The summed E-state index contributed by atoms with van der Waals surface area (Å²) in [7, 11) is 2.18. The molecule has 1 heterocycles. The molecule has 0 aliphatic heterocycles. The van der Waals surface area contributed by atoms with E-state index in [0.29, 0.717) is 0 Å². The molecule has 2 heteroatoms. The number of hydrogen-bond acceptors (Lipinski definition) is 0. The molecule has 20 heavy (non-hydrogen) atoms. The standard InChI is InChI=1S/C18H26GeN/c1-7-15-12-18(16-11-9-8-10-14(16)2)20(6)13-17(15)19(3,4)5/h8-13H,7H2,1-6H3/q+1. The zero-order valence-corrected chi connectivity index (χ0v) is 15.7. The van der Waals surface area contributed by atoms with Crippen LogP contribution in [0.2, 0.25) is 17.3 Å². The zero-order chi connectivity index (χ0) is 14.9. The molecule has 0 saturated carbocycles. The molecular formula is C18H26GeN+. The Morgan fingerprint density at radius 1 is 1.10 bits per heavy atom. The van der Waals surface area contributed by atoms with Crippen LogP contribution in [0.4, 0.5) is 0 Å². The van der Waals surface area contributed by atoms with E-state index in [-0.39, 0.29) is 0 Å². The van der Waals surface area contributed by atoms with Gasteiger partial charge in [-0.05, 0) is 0 Å². The van der Waals surface area contributed by atoms with E-state index in [1.54, 1.807) is 4.40 Å². The molecule has 1 aromatic heterocycles. The normalized spacial score (nSPS) is 11.7. The van der Waals surface area contributed by atoms with Crippen LogP contribution < -0.4 is 8.96 Å². The summed E-state index contributed by atoms with van der Waals surface area (Å²) in [6.07, 6.45) is 3.51. The third-order valence-corrected chi connectivity index (χ3v) is 8.30. The predicted molar refractivity (Wildman–Crippen MR) is 90.1 cm³/mol. The molecule has 106 valence electrons. The van der Waals surface area contributed by atoms with Crippen molar-refractivity contribution in [2.75, 3.05) is 0 Å². The molecule has 0 aliphatic rings. The van der Waals surface area contributed by atoms with E-state index in [9.17, 15) is 0 Å². The van der Waals surface area contributed by atoms with E-state index >= 15 is 0 Å². The van der Waals surface area contributed by atoms with E-state index in [2.05, 4.69) is 79.3 Å². The number of benzene rings is 1. The van der Waals surface area contributed by atoms with Crippen molar-refractivity contribution in [1.82, 2.24) is 0 Å². The molecule has 1 nitrogen and oxygen atoms in total. The Kier molecular flexibility index (Phi) is 4.38. The van der Waals surface area contributed by atoms with E-state index in [1.807, 2.05) is 0 Å². The summed E-state index contributed by atoms with van der Waals surface area (Å²) in [6.45, 7) is 4.46. The summed E-state index contributed by atoms with van der Waals surface area (Å²) >= 11 is -1.81. The van der Waals surface area contributed by atoms with Crippen LogP contribution in [0.15, 0.2) is 36.5 Å². The van der Waals surface area contributed by atoms with Crippen molar-refractivity contribution in [3.63, 3.8) is 0 Å². The molecule has 2 rings (SSSR count). The van der Waals surface area contributed by atoms with Crippen LogP contribution in [0.5, 0.6) is 0 Å². The number of aryl methyl sites for hydroxylation is 3. The molecule has 0 atom stereocenters. The third-order valence-electron chi connectivity index (χ3n) is 3.97. The van der Waals surface area contributed by atoms with Gasteiger partial charge in [0.2, 0.25) is 0 Å². The SMILES string of the molecule is CCc1cc(-c2ccccc2C)[n+](C)c[c]1[Ge]([CH3])([CH3])[CH3]. The van der Waals surface area contributed by atoms with Gasteiger partial charge in [0, 0.05) is 0 Å². The van der Waals surface area contributed by atoms with Crippen LogP contribution in [0.3, 0.4) is 0 Å². The zero-order valence-electron chi connectivity index (χ0n) is 13.6. The van der Waals surface area contributed by atoms with Gasteiger partial charge in [0.05, 0.1) is 0 Å². The second-order valence-corrected chi connectivity index (χ2v) is 17.2. The molecule has 0 aliphatic carbocycles. The molecule has 0 amide bonds.